The van der Waals surface area contributed by atoms with Gasteiger partial charge in [0.15, 0.2) is 11.5 Å². The second-order valence-corrected chi connectivity index (χ2v) is 12.2. The van der Waals surface area contributed by atoms with Gasteiger partial charge < -0.3 is 74.6 Å². The molecule has 0 aromatic heterocycles. The maximum Gasteiger partial charge on any atom is 0.338 e. The zero-order valence-electron chi connectivity index (χ0n) is 33.5. The Kier molecular flexibility index (Phi) is 25.2. The molecule has 0 unspecified atom stereocenters. The topological polar surface area (TPSA) is 226 Å². The molecule has 0 radical (unpaired) electrons. The smallest absolute Gasteiger partial charge is 0.338 e. The number of nitrogens with one attached hydrogen (secondary N) is 1. The summed E-state index contributed by atoms with van der Waals surface area (Å²) >= 11 is 0. The van der Waals surface area contributed by atoms with Crippen LogP contribution in [0.15, 0.2) is 60.7 Å². The average Bonchev–Trinajstić information content (AvgIpc) is 3.25. The lowest BCUT2D eigenvalue weighted by Crippen LogP contribution is -2.23. The standard InChI is InChI=1S/C41H60N4O13/c1-48-36-8-4-33(5-9-36)31-58-41(47)34-6-2-32(3-7-34)30-45-40(46)35-28-37(55-25-22-52-19-16-49-13-10-42)39(57-27-24-54-21-18-51-15-12-44)38(29-35)56-26-23-53-20-17-50-14-11-43/h2-9,28-29H,10-27,30-31,42-44H2,1H3,(H,45,46). The van der Waals surface area contributed by atoms with Crippen molar-refractivity contribution in [3.05, 3.63) is 82.9 Å². The maximum atomic E-state index is 13.6. The summed E-state index contributed by atoms with van der Waals surface area (Å²) in [5, 5.41) is 2.92. The molecule has 0 aliphatic rings. The van der Waals surface area contributed by atoms with E-state index in [0.717, 1.165) is 11.1 Å². The number of rotatable bonds is 34. The Hall–Kier alpha value is -4.56. The molecule has 3 aromatic carbocycles. The van der Waals surface area contributed by atoms with Crippen molar-refractivity contribution < 1.29 is 61.7 Å². The molecule has 0 fully saturated rings. The first-order valence-electron chi connectivity index (χ1n) is 19.3. The molecule has 0 heterocycles. The largest absolute Gasteiger partial charge is 0.497 e. The van der Waals surface area contributed by atoms with Crippen LogP contribution in [-0.4, -0.2) is 138 Å². The fourth-order valence-corrected chi connectivity index (χ4v) is 4.90. The van der Waals surface area contributed by atoms with Crippen molar-refractivity contribution in [2.45, 2.75) is 13.2 Å². The molecule has 17 nitrogen and oxygen atoms in total. The number of ether oxygens (including phenoxy) is 11. The van der Waals surface area contributed by atoms with Gasteiger partial charge in [-0.15, -0.1) is 0 Å². The van der Waals surface area contributed by atoms with E-state index in [1.807, 2.05) is 12.1 Å². The molecule has 0 saturated heterocycles. The number of nitrogens with two attached hydrogens (primary N) is 3. The Labute approximate surface area is 340 Å². The molecule has 7 N–H and O–H groups in total. The minimum absolute atomic E-state index is 0.120. The first-order valence-corrected chi connectivity index (χ1v) is 19.3. The van der Waals surface area contributed by atoms with Gasteiger partial charge in [-0.3, -0.25) is 4.79 Å². The van der Waals surface area contributed by atoms with Crippen LogP contribution in [0.3, 0.4) is 0 Å². The van der Waals surface area contributed by atoms with Gasteiger partial charge >= 0.3 is 5.97 Å². The first-order chi connectivity index (χ1) is 28.5. The molecule has 0 saturated carbocycles. The lowest BCUT2D eigenvalue weighted by Gasteiger charge is -2.19. The molecule has 0 aliphatic carbocycles. The van der Waals surface area contributed by atoms with E-state index in [0.29, 0.717) is 90.4 Å². The molecular formula is C41H60N4O13. The SMILES string of the molecule is COc1ccc(COC(=O)c2ccc(CNC(=O)c3cc(OCCOCCOCCN)c(OCCOCCOCCN)c(OCCOCCOCCN)c3)cc2)cc1. The fourth-order valence-electron chi connectivity index (χ4n) is 4.90. The summed E-state index contributed by atoms with van der Waals surface area (Å²) in [5.41, 5.74) is 18.6. The van der Waals surface area contributed by atoms with Gasteiger partial charge in [-0.2, -0.15) is 0 Å². The summed E-state index contributed by atoms with van der Waals surface area (Å²) in [6.07, 6.45) is 0. The summed E-state index contributed by atoms with van der Waals surface area (Å²) in [7, 11) is 1.59. The van der Waals surface area contributed by atoms with Gasteiger partial charge in [-0.1, -0.05) is 24.3 Å². The zero-order valence-corrected chi connectivity index (χ0v) is 33.5. The van der Waals surface area contributed by atoms with Crippen molar-refractivity contribution in [2.75, 3.05) is 126 Å². The van der Waals surface area contributed by atoms with Crippen molar-refractivity contribution in [3.8, 4) is 23.0 Å². The predicted molar refractivity (Wildman–Crippen MR) is 215 cm³/mol. The molecule has 322 valence electrons. The molecule has 0 aliphatic heterocycles. The monoisotopic (exact) mass is 816 g/mol. The third-order valence-electron chi connectivity index (χ3n) is 7.80. The van der Waals surface area contributed by atoms with Gasteiger partial charge in [-0.05, 0) is 47.5 Å². The van der Waals surface area contributed by atoms with Crippen LogP contribution in [0, 0.1) is 0 Å². The molecular weight excluding hydrogens is 756 g/mol. The van der Waals surface area contributed by atoms with E-state index in [9.17, 15) is 9.59 Å². The molecule has 3 rings (SSSR count). The number of carbonyl (C=O) groups excluding carboxylic acids is 2. The van der Waals surface area contributed by atoms with Crippen LogP contribution in [-0.2, 0) is 46.3 Å². The highest BCUT2D eigenvalue weighted by Gasteiger charge is 2.20. The van der Waals surface area contributed by atoms with Crippen LogP contribution in [0.2, 0.25) is 0 Å². The minimum atomic E-state index is -0.465. The molecule has 58 heavy (non-hydrogen) atoms. The number of amides is 1. The van der Waals surface area contributed by atoms with Crippen molar-refractivity contribution >= 4 is 11.9 Å². The quantitative estimate of drug-likeness (QED) is 0.0500. The van der Waals surface area contributed by atoms with Crippen molar-refractivity contribution in [2.24, 2.45) is 17.2 Å². The van der Waals surface area contributed by atoms with E-state index >= 15 is 0 Å². The van der Waals surface area contributed by atoms with Gasteiger partial charge in [0.25, 0.3) is 5.91 Å². The highest BCUT2D eigenvalue weighted by molar-refractivity contribution is 5.95. The minimum Gasteiger partial charge on any atom is -0.497 e. The van der Waals surface area contributed by atoms with Crippen molar-refractivity contribution in [1.82, 2.24) is 5.32 Å². The Bertz CT molecular complexity index is 1510. The Morgan fingerprint density at radius 2 is 0.948 bits per heavy atom. The van der Waals surface area contributed by atoms with Crippen LogP contribution in [0.4, 0.5) is 0 Å². The van der Waals surface area contributed by atoms with E-state index in [1.54, 1.807) is 55.6 Å². The summed E-state index contributed by atoms with van der Waals surface area (Å²) < 4.78 is 61.9. The highest BCUT2D eigenvalue weighted by atomic mass is 16.6. The van der Waals surface area contributed by atoms with Gasteiger partial charge in [0, 0.05) is 31.7 Å². The summed E-state index contributed by atoms with van der Waals surface area (Å²) in [4.78, 5) is 26.3. The fraction of sp³-hybridized carbons (Fsp3) is 0.512. The zero-order chi connectivity index (χ0) is 41.5. The molecule has 0 spiro atoms. The van der Waals surface area contributed by atoms with Crippen LogP contribution >= 0.6 is 0 Å². The van der Waals surface area contributed by atoms with E-state index in [-0.39, 0.29) is 75.6 Å². The van der Waals surface area contributed by atoms with Crippen molar-refractivity contribution in [3.63, 3.8) is 0 Å². The lowest BCUT2D eigenvalue weighted by atomic mass is 10.1. The number of benzene rings is 3. The first kappa shape index (κ1) is 47.8. The second-order valence-electron chi connectivity index (χ2n) is 12.2. The van der Waals surface area contributed by atoms with E-state index in [2.05, 4.69) is 5.32 Å². The molecule has 0 atom stereocenters. The summed E-state index contributed by atoms with van der Waals surface area (Å²) in [6.45, 7) is 6.41. The Morgan fingerprint density at radius 3 is 1.41 bits per heavy atom. The number of hydrogen-bond acceptors (Lipinski definition) is 16. The van der Waals surface area contributed by atoms with Gasteiger partial charge in [0.05, 0.1) is 92.0 Å². The van der Waals surface area contributed by atoms with E-state index in [1.165, 1.54) is 0 Å². The number of esters is 1. The predicted octanol–water partition coefficient (Wildman–Crippen LogP) is 2.09. The molecule has 0 bridgehead atoms. The lowest BCUT2D eigenvalue weighted by molar-refractivity contribution is 0.0331. The number of methoxy groups -OCH3 is 1. The third kappa shape index (κ3) is 19.7. The van der Waals surface area contributed by atoms with Crippen LogP contribution in [0.25, 0.3) is 0 Å². The summed E-state index contributed by atoms with van der Waals surface area (Å²) in [5.74, 6) is 0.677. The van der Waals surface area contributed by atoms with E-state index in [4.69, 9.17) is 69.3 Å². The van der Waals surface area contributed by atoms with Gasteiger partial charge in [0.1, 0.15) is 32.2 Å². The third-order valence-corrected chi connectivity index (χ3v) is 7.80. The Balaban J connectivity index is 1.68. The average molecular weight is 817 g/mol. The molecule has 3 aromatic rings. The second kappa shape index (κ2) is 30.5. The van der Waals surface area contributed by atoms with Gasteiger partial charge in [0.2, 0.25) is 5.75 Å². The van der Waals surface area contributed by atoms with Crippen LogP contribution in [0.1, 0.15) is 31.8 Å². The molecule has 17 heteroatoms. The maximum absolute atomic E-state index is 13.6. The highest BCUT2D eigenvalue weighted by Crippen LogP contribution is 2.39. The normalized spacial score (nSPS) is 11.0. The van der Waals surface area contributed by atoms with E-state index < -0.39 is 11.9 Å². The number of carbonyl (C=O) groups is 2. The Morgan fingerprint density at radius 1 is 0.517 bits per heavy atom. The molecule has 1 amide bonds. The summed E-state index contributed by atoms with van der Waals surface area (Å²) in [6, 6.07) is 17.2. The van der Waals surface area contributed by atoms with Crippen LogP contribution in [0.5, 0.6) is 23.0 Å². The van der Waals surface area contributed by atoms with Crippen LogP contribution < -0.4 is 41.5 Å². The van der Waals surface area contributed by atoms with Gasteiger partial charge in [-0.25, -0.2) is 4.79 Å². The number of hydrogen-bond donors (Lipinski definition) is 4. The van der Waals surface area contributed by atoms with Crippen molar-refractivity contribution in [1.29, 1.82) is 0 Å².